The first-order valence-corrected chi connectivity index (χ1v) is 8.80. The lowest BCUT2D eigenvalue weighted by atomic mass is 10.1. The molecule has 1 saturated carbocycles. The number of nitrogens with zero attached hydrogens (tertiary/aromatic N) is 2. The third-order valence-electron chi connectivity index (χ3n) is 5.31. The Balaban J connectivity index is 1.44. The molecule has 0 saturated heterocycles. The van der Waals surface area contributed by atoms with Gasteiger partial charge in [-0.25, -0.2) is 9.97 Å². The first-order valence-electron chi connectivity index (χ1n) is 8.80. The van der Waals surface area contributed by atoms with Crippen molar-refractivity contribution in [2.45, 2.75) is 50.8 Å². The summed E-state index contributed by atoms with van der Waals surface area (Å²) < 4.78 is 0. The SMILES string of the molecule is C[C@H]1C[C@@H](Nc2cc(N[C@H]3CCc4ccccc43)ncn2)C[C@@H]1O. The van der Waals surface area contributed by atoms with Gasteiger partial charge in [0.25, 0.3) is 0 Å². The molecule has 4 rings (SSSR count). The molecule has 2 aliphatic carbocycles. The van der Waals surface area contributed by atoms with Gasteiger partial charge in [0.15, 0.2) is 0 Å². The summed E-state index contributed by atoms with van der Waals surface area (Å²) in [5.41, 5.74) is 2.80. The van der Waals surface area contributed by atoms with Gasteiger partial charge in [0.1, 0.15) is 18.0 Å². The van der Waals surface area contributed by atoms with Crippen LogP contribution in [0, 0.1) is 5.92 Å². The molecule has 0 aliphatic heterocycles. The van der Waals surface area contributed by atoms with E-state index in [4.69, 9.17) is 0 Å². The van der Waals surface area contributed by atoms with E-state index in [0.717, 1.165) is 37.3 Å². The van der Waals surface area contributed by atoms with Gasteiger partial charge in [0, 0.05) is 12.1 Å². The van der Waals surface area contributed by atoms with Gasteiger partial charge >= 0.3 is 0 Å². The zero-order valence-electron chi connectivity index (χ0n) is 13.9. The molecule has 5 nitrogen and oxygen atoms in total. The number of aromatic nitrogens is 2. The average molecular weight is 324 g/mol. The summed E-state index contributed by atoms with van der Waals surface area (Å²) in [6.07, 6.45) is 5.35. The van der Waals surface area contributed by atoms with Crippen molar-refractivity contribution in [3.63, 3.8) is 0 Å². The Labute approximate surface area is 142 Å². The van der Waals surface area contributed by atoms with Gasteiger partial charge in [-0.3, -0.25) is 0 Å². The predicted octanol–water partition coefficient (Wildman–Crippen LogP) is 3.15. The summed E-state index contributed by atoms with van der Waals surface area (Å²) in [4.78, 5) is 8.70. The smallest absolute Gasteiger partial charge is 0.131 e. The van der Waals surface area contributed by atoms with Crippen LogP contribution in [0.2, 0.25) is 0 Å². The van der Waals surface area contributed by atoms with Gasteiger partial charge in [-0.15, -0.1) is 0 Å². The second-order valence-corrected chi connectivity index (χ2v) is 7.08. The Bertz CT molecular complexity index is 710. The fourth-order valence-electron chi connectivity index (χ4n) is 3.95. The van der Waals surface area contributed by atoms with Crippen LogP contribution < -0.4 is 10.6 Å². The van der Waals surface area contributed by atoms with Gasteiger partial charge in [0.05, 0.1) is 12.1 Å². The van der Waals surface area contributed by atoms with Crippen molar-refractivity contribution in [3.05, 3.63) is 47.8 Å². The first kappa shape index (κ1) is 15.4. The molecule has 1 aromatic carbocycles. The molecular formula is C19H24N4O. The molecule has 1 heterocycles. The third kappa shape index (κ3) is 3.08. The van der Waals surface area contributed by atoms with Crippen molar-refractivity contribution >= 4 is 11.6 Å². The monoisotopic (exact) mass is 324 g/mol. The number of fused-ring (bicyclic) bond motifs is 1. The van der Waals surface area contributed by atoms with Gasteiger partial charge < -0.3 is 15.7 Å². The van der Waals surface area contributed by atoms with Crippen LogP contribution in [-0.4, -0.2) is 27.2 Å². The molecule has 1 aromatic heterocycles. The fourth-order valence-corrected chi connectivity index (χ4v) is 3.95. The number of aliphatic hydroxyl groups is 1. The zero-order valence-corrected chi connectivity index (χ0v) is 13.9. The Morgan fingerprint density at radius 1 is 1.08 bits per heavy atom. The first-order chi connectivity index (χ1) is 11.7. The maximum atomic E-state index is 9.90. The van der Waals surface area contributed by atoms with Crippen molar-refractivity contribution in [1.29, 1.82) is 0 Å². The summed E-state index contributed by atoms with van der Waals surface area (Å²) in [7, 11) is 0. The minimum Gasteiger partial charge on any atom is -0.393 e. The number of rotatable bonds is 4. The van der Waals surface area contributed by atoms with E-state index in [9.17, 15) is 5.11 Å². The molecular weight excluding hydrogens is 300 g/mol. The largest absolute Gasteiger partial charge is 0.393 e. The van der Waals surface area contributed by atoms with E-state index in [1.165, 1.54) is 11.1 Å². The van der Waals surface area contributed by atoms with Crippen LogP contribution >= 0.6 is 0 Å². The van der Waals surface area contributed by atoms with Crippen LogP contribution in [0.1, 0.15) is 43.4 Å². The summed E-state index contributed by atoms with van der Waals surface area (Å²) in [6.45, 7) is 2.09. The van der Waals surface area contributed by atoms with E-state index in [1.54, 1.807) is 6.33 Å². The highest BCUT2D eigenvalue weighted by Gasteiger charge is 2.30. The molecule has 1 fully saturated rings. The lowest BCUT2D eigenvalue weighted by molar-refractivity contribution is 0.141. The number of nitrogens with one attached hydrogen (secondary N) is 2. The minimum absolute atomic E-state index is 0.211. The lowest BCUT2D eigenvalue weighted by Gasteiger charge is -2.17. The van der Waals surface area contributed by atoms with Crippen LogP contribution in [-0.2, 0) is 6.42 Å². The molecule has 4 atom stereocenters. The molecule has 0 unspecified atom stereocenters. The van der Waals surface area contributed by atoms with Crippen molar-refractivity contribution in [2.24, 2.45) is 5.92 Å². The maximum Gasteiger partial charge on any atom is 0.131 e. The van der Waals surface area contributed by atoms with Crippen LogP contribution in [0.4, 0.5) is 11.6 Å². The van der Waals surface area contributed by atoms with Crippen molar-refractivity contribution in [2.75, 3.05) is 10.6 Å². The van der Waals surface area contributed by atoms with Gasteiger partial charge in [0.2, 0.25) is 0 Å². The van der Waals surface area contributed by atoms with Crippen LogP contribution in [0.3, 0.4) is 0 Å². The molecule has 0 radical (unpaired) electrons. The molecule has 2 aromatic rings. The average Bonchev–Trinajstić information content (AvgIpc) is 3.12. The Hall–Kier alpha value is -2.14. The Kier molecular flexibility index (Phi) is 4.10. The Morgan fingerprint density at radius 3 is 2.67 bits per heavy atom. The summed E-state index contributed by atoms with van der Waals surface area (Å²) in [5, 5.41) is 16.9. The standard InChI is InChI=1S/C19H24N4O/c1-12-8-14(9-17(12)24)22-18-10-19(21-11-20-18)23-16-7-6-13-4-2-3-5-15(13)16/h2-5,10-12,14,16-17,24H,6-9H2,1H3,(H2,20,21,22,23)/t12-,14+,16-,17-/m0/s1. The van der Waals surface area contributed by atoms with Crippen LogP contribution in [0.5, 0.6) is 0 Å². The summed E-state index contributed by atoms with van der Waals surface area (Å²) >= 11 is 0. The van der Waals surface area contributed by atoms with E-state index in [-0.39, 0.29) is 12.1 Å². The van der Waals surface area contributed by atoms with Crippen LogP contribution in [0.25, 0.3) is 0 Å². The summed E-state index contributed by atoms with van der Waals surface area (Å²) in [5.74, 6) is 2.02. The van der Waals surface area contributed by atoms with E-state index < -0.39 is 0 Å². The highest BCUT2D eigenvalue weighted by Crippen LogP contribution is 2.33. The van der Waals surface area contributed by atoms with Crippen molar-refractivity contribution in [1.82, 2.24) is 9.97 Å². The molecule has 0 spiro atoms. The van der Waals surface area contributed by atoms with Gasteiger partial charge in [-0.05, 0) is 42.7 Å². The second-order valence-electron chi connectivity index (χ2n) is 7.08. The highest BCUT2D eigenvalue weighted by molar-refractivity contribution is 5.50. The normalized spacial score (nSPS) is 28.6. The third-order valence-corrected chi connectivity index (χ3v) is 5.31. The van der Waals surface area contributed by atoms with E-state index in [1.807, 2.05) is 6.07 Å². The van der Waals surface area contributed by atoms with E-state index in [0.29, 0.717) is 12.0 Å². The zero-order chi connectivity index (χ0) is 16.5. The maximum absolute atomic E-state index is 9.90. The number of aliphatic hydroxyl groups excluding tert-OH is 1. The number of aryl methyl sites for hydroxylation is 1. The van der Waals surface area contributed by atoms with E-state index >= 15 is 0 Å². The number of hydrogen-bond acceptors (Lipinski definition) is 5. The fraction of sp³-hybridized carbons (Fsp3) is 0.474. The molecule has 2 aliphatic rings. The molecule has 0 bridgehead atoms. The number of anilines is 2. The lowest BCUT2D eigenvalue weighted by Crippen LogP contribution is -2.18. The summed E-state index contributed by atoms with van der Waals surface area (Å²) in [6, 6.07) is 11.2. The molecule has 24 heavy (non-hydrogen) atoms. The van der Waals surface area contributed by atoms with Gasteiger partial charge in [-0.2, -0.15) is 0 Å². The predicted molar refractivity (Wildman–Crippen MR) is 95.0 cm³/mol. The highest BCUT2D eigenvalue weighted by atomic mass is 16.3. The molecule has 3 N–H and O–H groups in total. The van der Waals surface area contributed by atoms with E-state index in [2.05, 4.69) is 51.8 Å². The van der Waals surface area contributed by atoms with Gasteiger partial charge in [-0.1, -0.05) is 31.2 Å². The number of benzene rings is 1. The molecule has 0 amide bonds. The van der Waals surface area contributed by atoms with Crippen molar-refractivity contribution < 1.29 is 5.11 Å². The van der Waals surface area contributed by atoms with Crippen molar-refractivity contribution in [3.8, 4) is 0 Å². The van der Waals surface area contributed by atoms with Crippen LogP contribution in [0.15, 0.2) is 36.7 Å². The second kappa shape index (κ2) is 6.40. The number of hydrogen-bond donors (Lipinski definition) is 3. The molecule has 5 heteroatoms. The Morgan fingerprint density at radius 2 is 1.88 bits per heavy atom. The molecule has 126 valence electrons. The topological polar surface area (TPSA) is 70.1 Å². The quantitative estimate of drug-likeness (QED) is 0.806. The minimum atomic E-state index is -0.211.